The first-order chi connectivity index (χ1) is 14.8. The number of anilines is 1. The molecule has 1 aliphatic carbocycles. The quantitative estimate of drug-likeness (QED) is 0.776. The van der Waals surface area contributed by atoms with Crippen molar-refractivity contribution < 1.29 is 23.5 Å². The van der Waals surface area contributed by atoms with Crippen LogP contribution < -0.4 is 15.8 Å². The molecule has 1 aromatic heterocycles. The van der Waals surface area contributed by atoms with Crippen molar-refractivity contribution in [1.29, 1.82) is 0 Å². The molecule has 1 saturated heterocycles. The van der Waals surface area contributed by atoms with E-state index < -0.39 is 16.6 Å². The molecule has 2 aromatic rings. The van der Waals surface area contributed by atoms with Gasteiger partial charge in [0.25, 0.3) is 11.9 Å². The Hall–Kier alpha value is -3.07. The van der Waals surface area contributed by atoms with E-state index >= 15 is 0 Å². The van der Waals surface area contributed by atoms with Crippen LogP contribution in [0.4, 0.5) is 5.69 Å². The zero-order chi connectivity index (χ0) is 21.4. The smallest absolute Gasteiger partial charge is 0.283 e. The Bertz CT molecular complexity index is 1110. The number of amides is 1. The van der Waals surface area contributed by atoms with Crippen molar-refractivity contribution in [2.45, 2.75) is 43.7 Å². The lowest BCUT2D eigenvalue weighted by Gasteiger charge is -2.61. The van der Waals surface area contributed by atoms with Crippen molar-refractivity contribution >= 4 is 17.6 Å². The maximum Gasteiger partial charge on any atom is 0.283 e. The number of hydrogen-bond acceptors (Lipinski definition) is 8. The van der Waals surface area contributed by atoms with E-state index in [1.807, 2.05) is 26.0 Å². The molecule has 3 aliphatic heterocycles. The molecule has 0 radical (unpaired) electrons. The van der Waals surface area contributed by atoms with Crippen LogP contribution in [-0.4, -0.2) is 42.5 Å². The lowest BCUT2D eigenvalue weighted by Crippen LogP contribution is -2.71. The molecule has 1 saturated carbocycles. The normalized spacial score (nSPS) is 27.1. The van der Waals surface area contributed by atoms with Crippen LogP contribution >= 0.6 is 0 Å². The summed E-state index contributed by atoms with van der Waals surface area (Å²) in [6.07, 6.45) is 2.16. The summed E-state index contributed by atoms with van der Waals surface area (Å²) in [5.74, 6) is 1.53. The largest absolute Gasteiger partial charge is 0.487 e. The standard InChI is InChI=1S/C22H24N4O5/c1-20(2)21(9-28-10-21)22(11-29-19(23)25-22)14-7-13(5-6-16(14)30-20)24-18(27)15-8-17(31-26-15)12-3-4-12/h5-8,12H,3-4,9-11H2,1-2H3,(H2,23,25)(H,24,27). The van der Waals surface area contributed by atoms with Gasteiger partial charge >= 0.3 is 0 Å². The molecule has 1 atom stereocenters. The monoisotopic (exact) mass is 424 g/mol. The summed E-state index contributed by atoms with van der Waals surface area (Å²) in [4.78, 5) is 17.5. The van der Waals surface area contributed by atoms with Gasteiger partial charge < -0.3 is 29.8 Å². The van der Waals surface area contributed by atoms with E-state index in [0.717, 1.165) is 24.2 Å². The number of benzene rings is 1. The molecule has 3 N–H and O–H groups in total. The second-order valence-corrected chi connectivity index (χ2v) is 9.34. The van der Waals surface area contributed by atoms with Crippen LogP contribution in [0.25, 0.3) is 0 Å². The highest BCUT2D eigenvalue weighted by atomic mass is 16.5. The van der Waals surface area contributed by atoms with Gasteiger partial charge in [0, 0.05) is 23.2 Å². The maximum absolute atomic E-state index is 12.7. The summed E-state index contributed by atoms with van der Waals surface area (Å²) in [6.45, 7) is 5.36. The molecule has 4 aliphatic rings. The van der Waals surface area contributed by atoms with Crippen molar-refractivity contribution in [1.82, 2.24) is 5.16 Å². The number of ether oxygens (including phenoxy) is 3. The van der Waals surface area contributed by atoms with Gasteiger partial charge in [0.05, 0.1) is 18.6 Å². The van der Waals surface area contributed by atoms with Crippen LogP contribution in [0, 0.1) is 5.41 Å². The lowest BCUT2D eigenvalue weighted by atomic mass is 9.55. The highest BCUT2D eigenvalue weighted by Crippen LogP contribution is 2.62. The predicted molar refractivity (Wildman–Crippen MR) is 110 cm³/mol. The van der Waals surface area contributed by atoms with Crippen molar-refractivity contribution in [3.63, 3.8) is 0 Å². The number of carbonyl (C=O) groups excluding carboxylic acids is 1. The Balaban J connectivity index is 1.37. The van der Waals surface area contributed by atoms with Crippen LogP contribution in [0.5, 0.6) is 5.75 Å². The summed E-state index contributed by atoms with van der Waals surface area (Å²) in [6, 6.07) is 7.41. The van der Waals surface area contributed by atoms with Crippen LogP contribution in [0.3, 0.4) is 0 Å². The minimum absolute atomic E-state index is 0.152. The highest BCUT2D eigenvalue weighted by Gasteiger charge is 2.71. The second kappa shape index (κ2) is 6.00. The van der Waals surface area contributed by atoms with Gasteiger partial charge in [0.2, 0.25) is 0 Å². The topological polar surface area (TPSA) is 121 Å². The molecular formula is C22H24N4O5. The average molecular weight is 424 g/mol. The van der Waals surface area contributed by atoms with Crippen molar-refractivity contribution in [3.8, 4) is 5.75 Å². The third kappa shape index (κ3) is 2.49. The van der Waals surface area contributed by atoms with Gasteiger partial charge in [-0.15, -0.1) is 0 Å². The fourth-order valence-electron chi connectivity index (χ4n) is 5.01. The Morgan fingerprint density at radius 1 is 1.19 bits per heavy atom. The Morgan fingerprint density at radius 2 is 2.00 bits per heavy atom. The summed E-state index contributed by atoms with van der Waals surface area (Å²) in [7, 11) is 0. The van der Waals surface area contributed by atoms with Gasteiger partial charge in [-0.2, -0.15) is 0 Å². The molecule has 9 nitrogen and oxygen atoms in total. The zero-order valence-corrected chi connectivity index (χ0v) is 17.4. The second-order valence-electron chi connectivity index (χ2n) is 9.34. The number of nitrogens with two attached hydrogens (primary N) is 1. The fraction of sp³-hybridized carbons (Fsp3) is 0.500. The first-order valence-electron chi connectivity index (χ1n) is 10.5. The van der Waals surface area contributed by atoms with Gasteiger partial charge in [-0.1, -0.05) is 5.16 Å². The van der Waals surface area contributed by atoms with Crippen LogP contribution in [0.15, 0.2) is 33.8 Å². The number of rotatable bonds is 3. The summed E-state index contributed by atoms with van der Waals surface area (Å²) < 4.78 is 23.0. The summed E-state index contributed by atoms with van der Waals surface area (Å²) in [5.41, 5.74) is 5.95. The minimum Gasteiger partial charge on any atom is -0.487 e. The Labute approximate surface area is 178 Å². The molecule has 1 unspecified atom stereocenters. The zero-order valence-electron chi connectivity index (χ0n) is 17.4. The van der Waals surface area contributed by atoms with Crippen molar-refractivity contribution in [3.05, 3.63) is 41.3 Å². The molecule has 162 valence electrons. The number of fused-ring (bicyclic) bond motifs is 3. The van der Waals surface area contributed by atoms with Crippen LogP contribution in [-0.2, 0) is 15.0 Å². The number of aromatic nitrogens is 1. The van der Waals surface area contributed by atoms with Crippen molar-refractivity contribution in [2.75, 3.05) is 25.1 Å². The van der Waals surface area contributed by atoms with Gasteiger partial charge in [0.15, 0.2) is 5.69 Å². The molecular weight excluding hydrogens is 400 g/mol. The van der Waals surface area contributed by atoms with E-state index in [4.69, 9.17) is 29.5 Å². The molecule has 31 heavy (non-hydrogen) atoms. The third-order valence-corrected chi connectivity index (χ3v) is 7.16. The van der Waals surface area contributed by atoms with Crippen LogP contribution in [0.2, 0.25) is 0 Å². The van der Waals surface area contributed by atoms with Crippen molar-refractivity contribution in [2.24, 2.45) is 16.1 Å². The molecule has 2 spiro atoms. The highest BCUT2D eigenvalue weighted by molar-refractivity contribution is 6.03. The van der Waals surface area contributed by atoms with E-state index in [-0.39, 0.29) is 17.6 Å². The number of nitrogens with zero attached hydrogens (tertiary/aromatic N) is 2. The molecule has 1 aromatic carbocycles. The van der Waals surface area contributed by atoms with E-state index in [2.05, 4.69) is 10.5 Å². The van der Waals surface area contributed by atoms with E-state index in [9.17, 15) is 4.79 Å². The van der Waals surface area contributed by atoms with Gasteiger partial charge in [-0.3, -0.25) is 4.79 Å². The van der Waals surface area contributed by atoms with E-state index in [0.29, 0.717) is 37.2 Å². The number of carbonyl (C=O) groups is 1. The van der Waals surface area contributed by atoms with Gasteiger partial charge in [-0.05, 0) is 44.9 Å². The number of hydrogen-bond donors (Lipinski definition) is 2. The number of nitrogens with one attached hydrogen (secondary N) is 1. The van der Waals surface area contributed by atoms with Gasteiger partial charge in [-0.25, -0.2) is 4.99 Å². The molecule has 1 amide bonds. The summed E-state index contributed by atoms with van der Waals surface area (Å²) >= 11 is 0. The van der Waals surface area contributed by atoms with E-state index in [1.165, 1.54) is 0 Å². The Morgan fingerprint density at radius 3 is 2.65 bits per heavy atom. The summed E-state index contributed by atoms with van der Waals surface area (Å²) in [5, 5.41) is 6.83. The first-order valence-corrected chi connectivity index (χ1v) is 10.5. The SMILES string of the molecule is CC1(C)Oc2ccc(NC(=O)c3cc(C4CC4)on3)cc2C2(COC(N)=N2)C12COC2. The number of amidine groups is 1. The molecule has 4 heterocycles. The average Bonchev–Trinajstić information content (AvgIpc) is 3.28. The minimum atomic E-state index is -0.750. The predicted octanol–water partition coefficient (Wildman–Crippen LogP) is 2.53. The molecule has 9 heteroatoms. The lowest BCUT2D eigenvalue weighted by molar-refractivity contribution is -0.247. The maximum atomic E-state index is 12.7. The Kier molecular flexibility index (Phi) is 3.62. The molecule has 2 fully saturated rings. The van der Waals surface area contributed by atoms with Crippen LogP contribution in [0.1, 0.15) is 54.4 Å². The fourth-order valence-corrected chi connectivity index (χ4v) is 5.01. The third-order valence-electron chi connectivity index (χ3n) is 7.16. The number of aliphatic imine (C=N–C) groups is 1. The first kappa shape index (κ1) is 18.7. The van der Waals surface area contributed by atoms with Gasteiger partial charge in [0.1, 0.15) is 29.3 Å². The molecule has 0 bridgehead atoms. The van der Waals surface area contributed by atoms with E-state index in [1.54, 1.807) is 12.1 Å². The molecule has 6 rings (SSSR count).